The first-order valence-electron chi connectivity index (χ1n) is 7.75. The second-order valence-corrected chi connectivity index (χ2v) is 7.45. The van der Waals surface area contributed by atoms with E-state index >= 15 is 0 Å². The van der Waals surface area contributed by atoms with Crippen molar-refractivity contribution < 1.29 is 4.79 Å². The number of carbonyl (C=O) groups excluding carboxylic acids is 1. The summed E-state index contributed by atoms with van der Waals surface area (Å²) < 4.78 is 1.77. The number of aryl methyl sites for hydroxylation is 2. The van der Waals surface area contributed by atoms with E-state index < -0.39 is 0 Å². The number of aromatic nitrogens is 5. The molecule has 1 N–H and O–H groups in total. The highest BCUT2D eigenvalue weighted by atomic mass is 32.1. The molecule has 130 valence electrons. The number of anilines is 1. The van der Waals surface area contributed by atoms with E-state index in [0.29, 0.717) is 10.7 Å². The van der Waals surface area contributed by atoms with Gasteiger partial charge in [-0.2, -0.15) is 5.10 Å². The Kier molecular flexibility index (Phi) is 4.31. The lowest BCUT2D eigenvalue weighted by atomic mass is 10.2. The van der Waals surface area contributed by atoms with Gasteiger partial charge in [0, 0.05) is 24.8 Å². The van der Waals surface area contributed by atoms with Crippen molar-refractivity contribution in [2.75, 3.05) is 5.32 Å². The van der Waals surface area contributed by atoms with E-state index in [2.05, 4.69) is 25.4 Å². The quantitative estimate of drug-likeness (QED) is 0.583. The van der Waals surface area contributed by atoms with Crippen LogP contribution in [0, 0.1) is 6.92 Å². The third-order valence-electron chi connectivity index (χ3n) is 3.72. The van der Waals surface area contributed by atoms with Crippen LogP contribution in [0.15, 0.2) is 42.2 Å². The van der Waals surface area contributed by atoms with E-state index in [1.54, 1.807) is 29.3 Å². The summed E-state index contributed by atoms with van der Waals surface area (Å²) in [6, 6.07) is 5.61. The van der Waals surface area contributed by atoms with Gasteiger partial charge in [0.05, 0.1) is 11.9 Å². The third kappa shape index (κ3) is 3.14. The zero-order valence-electron chi connectivity index (χ0n) is 14.0. The van der Waals surface area contributed by atoms with Gasteiger partial charge in [-0.25, -0.2) is 9.97 Å². The van der Waals surface area contributed by atoms with Gasteiger partial charge in [-0.3, -0.25) is 14.5 Å². The molecule has 1 amide bonds. The van der Waals surface area contributed by atoms with Crippen LogP contribution in [0.5, 0.6) is 0 Å². The van der Waals surface area contributed by atoms with E-state index in [-0.39, 0.29) is 5.91 Å². The fourth-order valence-electron chi connectivity index (χ4n) is 2.47. The van der Waals surface area contributed by atoms with Gasteiger partial charge in [-0.15, -0.1) is 11.3 Å². The van der Waals surface area contributed by atoms with Crippen LogP contribution in [0.2, 0.25) is 0 Å². The molecule has 0 aliphatic rings. The normalized spacial score (nSPS) is 10.8. The second kappa shape index (κ2) is 6.77. The van der Waals surface area contributed by atoms with Crippen LogP contribution in [-0.2, 0) is 7.05 Å². The average molecular weight is 382 g/mol. The van der Waals surface area contributed by atoms with E-state index in [1.807, 2.05) is 31.5 Å². The molecule has 0 spiro atoms. The number of carbonyl (C=O) groups is 1. The van der Waals surface area contributed by atoms with Crippen LogP contribution < -0.4 is 5.32 Å². The van der Waals surface area contributed by atoms with Crippen molar-refractivity contribution in [1.29, 1.82) is 0 Å². The maximum Gasteiger partial charge on any atom is 0.275 e. The van der Waals surface area contributed by atoms with E-state index in [1.165, 1.54) is 22.7 Å². The van der Waals surface area contributed by atoms with Crippen LogP contribution in [0.1, 0.15) is 16.1 Å². The lowest BCUT2D eigenvalue weighted by molar-refractivity contribution is 0.102. The van der Waals surface area contributed by atoms with E-state index in [4.69, 9.17) is 0 Å². The molecule has 4 aromatic rings. The average Bonchev–Trinajstić information content (AvgIpc) is 3.35. The summed E-state index contributed by atoms with van der Waals surface area (Å²) in [7, 11) is 1.86. The van der Waals surface area contributed by atoms with Crippen LogP contribution in [-0.4, -0.2) is 30.6 Å². The molecule has 0 bridgehead atoms. The van der Waals surface area contributed by atoms with Gasteiger partial charge in [0.15, 0.2) is 0 Å². The molecule has 4 aromatic heterocycles. The smallest absolute Gasteiger partial charge is 0.275 e. The Balaban J connectivity index is 1.57. The van der Waals surface area contributed by atoms with Gasteiger partial charge in [-0.1, -0.05) is 17.4 Å². The molecule has 0 fully saturated rings. The minimum absolute atomic E-state index is 0.244. The number of nitrogens with zero attached hydrogens (tertiary/aromatic N) is 5. The van der Waals surface area contributed by atoms with Crippen molar-refractivity contribution in [2.24, 2.45) is 7.05 Å². The first-order chi connectivity index (χ1) is 12.6. The zero-order valence-corrected chi connectivity index (χ0v) is 15.6. The number of nitrogens with one attached hydrogen (secondary N) is 1. The Bertz CT molecular complexity index is 1070. The van der Waals surface area contributed by atoms with Crippen molar-refractivity contribution in [3.05, 3.63) is 53.4 Å². The molecule has 0 atom stereocenters. The molecular weight excluding hydrogens is 368 g/mol. The molecule has 0 saturated carbocycles. The first kappa shape index (κ1) is 16.6. The summed E-state index contributed by atoms with van der Waals surface area (Å²) in [5.41, 5.74) is 2.92. The number of thiazole rings is 2. The summed E-state index contributed by atoms with van der Waals surface area (Å²) in [5.74, 6) is -0.244. The number of hydrogen-bond donors (Lipinski definition) is 1. The van der Waals surface area contributed by atoms with Crippen molar-refractivity contribution in [1.82, 2.24) is 24.7 Å². The van der Waals surface area contributed by atoms with Crippen LogP contribution >= 0.6 is 22.7 Å². The Hall–Kier alpha value is -2.91. The van der Waals surface area contributed by atoms with Gasteiger partial charge in [0.2, 0.25) is 0 Å². The zero-order chi connectivity index (χ0) is 18.1. The lowest BCUT2D eigenvalue weighted by Gasteiger charge is -2.03. The predicted molar refractivity (Wildman–Crippen MR) is 102 cm³/mol. The van der Waals surface area contributed by atoms with Crippen LogP contribution in [0.25, 0.3) is 21.4 Å². The Morgan fingerprint density at radius 3 is 2.85 bits per heavy atom. The highest BCUT2D eigenvalue weighted by molar-refractivity contribution is 7.19. The number of hydrogen-bond acceptors (Lipinski definition) is 7. The van der Waals surface area contributed by atoms with Gasteiger partial charge in [0.25, 0.3) is 5.91 Å². The highest BCUT2D eigenvalue weighted by Crippen LogP contribution is 2.31. The summed E-state index contributed by atoms with van der Waals surface area (Å²) in [6.07, 6.45) is 5.01. The summed E-state index contributed by atoms with van der Waals surface area (Å²) in [6.45, 7) is 1.86. The SMILES string of the molecule is Cc1cccnc1C(=O)Nc1cnc(-c2cc(-c3nccs3)nn2C)s1. The molecule has 0 aliphatic heterocycles. The fourth-order valence-corrected chi connectivity index (χ4v) is 3.92. The Morgan fingerprint density at radius 1 is 1.19 bits per heavy atom. The second-order valence-electron chi connectivity index (χ2n) is 5.53. The van der Waals surface area contributed by atoms with Crippen molar-refractivity contribution >= 4 is 33.6 Å². The minimum atomic E-state index is -0.244. The largest absolute Gasteiger partial charge is 0.311 e. The molecule has 0 aromatic carbocycles. The van der Waals surface area contributed by atoms with Crippen LogP contribution in [0.4, 0.5) is 5.00 Å². The molecule has 4 heterocycles. The summed E-state index contributed by atoms with van der Waals surface area (Å²) in [5, 5.41) is 11.6. The van der Waals surface area contributed by atoms with E-state index in [0.717, 1.165) is 27.0 Å². The Labute approximate surface area is 157 Å². The maximum atomic E-state index is 12.4. The number of amides is 1. The van der Waals surface area contributed by atoms with Gasteiger partial charge < -0.3 is 5.32 Å². The van der Waals surface area contributed by atoms with Gasteiger partial charge >= 0.3 is 0 Å². The first-order valence-corrected chi connectivity index (χ1v) is 9.44. The van der Waals surface area contributed by atoms with Gasteiger partial charge in [0.1, 0.15) is 26.4 Å². The summed E-state index contributed by atoms with van der Waals surface area (Å²) >= 11 is 2.93. The van der Waals surface area contributed by atoms with Crippen molar-refractivity contribution in [2.45, 2.75) is 6.92 Å². The van der Waals surface area contributed by atoms with Crippen LogP contribution in [0.3, 0.4) is 0 Å². The number of pyridine rings is 1. The molecule has 0 radical (unpaired) electrons. The fraction of sp³-hybridized carbons (Fsp3) is 0.118. The molecule has 0 saturated heterocycles. The van der Waals surface area contributed by atoms with E-state index in [9.17, 15) is 4.79 Å². The summed E-state index contributed by atoms with van der Waals surface area (Å²) in [4.78, 5) is 25.2. The molecule has 0 aliphatic carbocycles. The monoisotopic (exact) mass is 382 g/mol. The molecule has 26 heavy (non-hydrogen) atoms. The topological polar surface area (TPSA) is 85.6 Å². The molecule has 9 heteroatoms. The molecule has 0 unspecified atom stereocenters. The molecular formula is C17H14N6OS2. The van der Waals surface area contributed by atoms with Crippen molar-refractivity contribution in [3.8, 4) is 21.4 Å². The lowest BCUT2D eigenvalue weighted by Crippen LogP contribution is -2.14. The predicted octanol–water partition coefficient (Wildman–Crippen LogP) is 3.62. The third-order valence-corrected chi connectivity index (χ3v) is 5.45. The maximum absolute atomic E-state index is 12.4. The molecule has 4 rings (SSSR count). The Morgan fingerprint density at radius 2 is 2.08 bits per heavy atom. The number of rotatable bonds is 4. The molecule has 7 nitrogen and oxygen atoms in total. The highest BCUT2D eigenvalue weighted by Gasteiger charge is 2.16. The minimum Gasteiger partial charge on any atom is -0.311 e. The van der Waals surface area contributed by atoms with Crippen molar-refractivity contribution in [3.63, 3.8) is 0 Å². The van der Waals surface area contributed by atoms with Gasteiger partial charge in [-0.05, 0) is 24.6 Å². The standard InChI is InChI=1S/C17H14N6OS2/c1-10-4-3-5-18-14(10)15(24)21-13-9-20-17(26-13)12-8-11(22-23(12)2)16-19-6-7-25-16/h3-9H,1-2H3,(H,21,24).